The number of hydrogen-bond donors (Lipinski definition) is 1. The molecule has 1 atom stereocenters. The van der Waals surface area contributed by atoms with Gasteiger partial charge < -0.3 is 5.11 Å². The van der Waals surface area contributed by atoms with Crippen LogP contribution in [0.3, 0.4) is 0 Å². The van der Waals surface area contributed by atoms with Gasteiger partial charge in [0.15, 0.2) is 5.69 Å². The second-order valence-corrected chi connectivity index (χ2v) is 3.65. The van der Waals surface area contributed by atoms with Crippen LogP contribution in [0.4, 0.5) is 0 Å². The summed E-state index contributed by atoms with van der Waals surface area (Å²) in [6.07, 6.45) is 2.04. The summed E-state index contributed by atoms with van der Waals surface area (Å²) >= 11 is 0. The van der Waals surface area contributed by atoms with Crippen molar-refractivity contribution in [1.29, 1.82) is 0 Å². The zero-order chi connectivity index (χ0) is 9.42. The molecule has 70 valence electrons. The van der Waals surface area contributed by atoms with Crippen LogP contribution in [0.2, 0.25) is 0 Å². The van der Waals surface area contributed by atoms with Crippen molar-refractivity contribution in [2.24, 2.45) is 5.92 Å². The van der Waals surface area contributed by atoms with Crippen molar-refractivity contribution < 1.29 is 9.90 Å². The molecule has 0 radical (unpaired) electrons. The molecule has 0 aliphatic carbocycles. The van der Waals surface area contributed by atoms with Gasteiger partial charge in [0.1, 0.15) is 0 Å². The van der Waals surface area contributed by atoms with Crippen molar-refractivity contribution in [3.63, 3.8) is 0 Å². The van der Waals surface area contributed by atoms with Crippen LogP contribution in [-0.2, 0) is 13.0 Å². The summed E-state index contributed by atoms with van der Waals surface area (Å²) < 4.78 is 1.81. The van der Waals surface area contributed by atoms with E-state index in [1.165, 1.54) is 0 Å². The van der Waals surface area contributed by atoms with E-state index in [-0.39, 0.29) is 5.69 Å². The first-order valence-corrected chi connectivity index (χ1v) is 4.47. The van der Waals surface area contributed by atoms with Crippen molar-refractivity contribution in [1.82, 2.24) is 9.78 Å². The molecule has 0 bridgehead atoms. The van der Waals surface area contributed by atoms with E-state index in [2.05, 4.69) is 12.0 Å². The normalized spacial score (nSPS) is 21.2. The molecule has 2 rings (SSSR count). The molecular weight excluding hydrogens is 168 g/mol. The third kappa shape index (κ3) is 1.43. The van der Waals surface area contributed by atoms with Gasteiger partial charge in [0.2, 0.25) is 0 Å². The monoisotopic (exact) mass is 180 g/mol. The second-order valence-electron chi connectivity index (χ2n) is 3.65. The minimum Gasteiger partial charge on any atom is -0.476 e. The van der Waals surface area contributed by atoms with Gasteiger partial charge in [0.25, 0.3) is 0 Å². The second kappa shape index (κ2) is 2.87. The minimum atomic E-state index is -0.936. The lowest BCUT2D eigenvalue weighted by molar-refractivity contribution is 0.0689. The number of aromatic carboxylic acids is 1. The lowest BCUT2D eigenvalue weighted by Crippen LogP contribution is -2.17. The highest BCUT2D eigenvalue weighted by Gasteiger charge is 2.19. The lowest BCUT2D eigenvalue weighted by Gasteiger charge is -2.18. The molecule has 1 aliphatic rings. The third-order valence-electron chi connectivity index (χ3n) is 2.47. The highest BCUT2D eigenvalue weighted by Crippen LogP contribution is 2.20. The molecule has 1 aromatic heterocycles. The Morgan fingerprint density at radius 1 is 1.77 bits per heavy atom. The van der Waals surface area contributed by atoms with E-state index in [9.17, 15) is 4.79 Å². The van der Waals surface area contributed by atoms with Crippen molar-refractivity contribution in [3.8, 4) is 0 Å². The van der Waals surface area contributed by atoms with Gasteiger partial charge >= 0.3 is 5.97 Å². The number of carboxylic acid groups (broad SMARTS) is 1. The largest absolute Gasteiger partial charge is 0.476 e. The van der Waals surface area contributed by atoms with Crippen molar-refractivity contribution in [3.05, 3.63) is 17.5 Å². The molecule has 0 saturated carbocycles. The molecule has 0 amide bonds. The number of carboxylic acids is 1. The first-order valence-electron chi connectivity index (χ1n) is 4.47. The Bertz CT molecular complexity index is 343. The summed E-state index contributed by atoms with van der Waals surface area (Å²) in [5, 5.41) is 12.7. The zero-order valence-corrected chi connectivity index (χ0v) is 7.53. The predicted octanol–water partition coefficient (Wildman–Crippen LogP) is 1.16. The molecule has 13 heavy (non-hydrogen) atoms. The fourth-order valence-electron chi connectivity index (χ4n) is 1.72. The van der Waals surface area contributed by atoms with Gasteiger partial charge in [0, 0.05) is 12.2 Å². The van der Waals surface area contributed by atoms with Gasteiger partial charge in [-0.15, -0.1) is 0 Å². The van der Waals surface area contributed by atoms with Gasteiger partial charge in [-0.25, -0.2) is 4.79 Å². The highest BCUT2D eigenvalue weighted by atomic mass is 16.4. The summed E-state index contributed by atoms with van der Waals surface area (Å²) in [5.41, 5.74) is 1.22. The fourth-order valence-corrected chi connectivity index (χ4v) is 1.72. The molecule has 0 saturated heterocycles. The average Bonchev–Trinajstić information content (AvgIpc) is 2.46. The Kier molecular flexibility index (Phi) is 1.83. The molecule has 4 heteroatoms. The summed E-state index contributed by atoms with van der Waals surface area (Å²) in [4.78, 5) is 10.6. The molecular formula is C9H12N2O2. The molecule has 0 aromatic carbocycles. The maximum atomic E-state index is 10.6. The molecule has 1 aromatic rings. The van der Waals surface area contributed by atoms with Crippen molar-refractivity contribution >= 4 is 5.97 Å². The Morgan fingerprint density at radius 2 is 2.54 bits per heavy atom. The predicted molar refractivity (Wildman–Crippen MR) is 46.7 cm³/mol. The third-order valence-corrected chi connectivity index (χ3v) is 2.47. The summed E-state index contributed by atoms with van der Waals surface area (Å²) in [5.74, 6) is -0.291. The fraction of sp³-hybridized carbons (Fsp3) is 0.556. The maximum absolute atomic E-state index is 10.6. The number of carbonyl (C=O) groups is 1. The van der Waals surface area contributed by atoms with E-state index in [0.717, 1.165) is 25.1 Å². The van der Waals surface area contributed by atoms with Gasteiger partial charge in [-0.1, -0.05) is 6.92 Å². The Hall–Kier alpha value is -1.32. The smallest absolute Gasteiger partial charge is 0.356 e. The van der Waals surface area contributed by atoms with Crippen LogP contribution >= 0.6 is 0 Å². The van der Waals surface area contributed by atoms with Crippen LogP contribution in [0, 0.1) is 5.92 Å². The number of nitrogens with zero attached hydrogens (tertiary/aromatic N) is 2. The highest BCUT2D eigenvalue weighted by molar-refractivity contribution is 5.85. The first kappa shape index (κ1) is 8.29. The average molecular weight is 180 g/mol. The first-order chi connectivity index (χ1) is 6.16. The van der Waals surface area contributed by atoms with Crippen LogP contribution in [-0.4, -0.2) is 20.9 Å². The van der Waals surface area contributed by atoms with E-state index < -0.39 is 5.97 Å². The van der Waals surface area contributed by atoms with Gasteiger partial charge in [-0.05, 0) is 24.8 Å². The topological polar surface area (TPSA) is 55.1 Å². The van der Waals surface area contributed by atoms with Gasteiger partial charge in [-0.3, -0.25) is 4.68 Å². The number of aryl methyl sites for hydroxylation is 1. The number of hydrogen-bond acceptors (Lipinski definition) is 2. The summed E-state index contributed by atoms with van der Waals surface area (Å²) in [6.45, 7) is 3.03. The molecule has 0 fully saturated rings. The number of fused-ring (bicyclic) bond motifs is 1. The maximum Gasteiger partial charge on any atom is 0.356 e. The SMILES string of the molecule is C[C@@H]1CCn2nc(C(=O)O)cc2C1. The van der Waals surface area contributed by atoms with E-state index in [1.54, 1.807) is 6.07 Å². The quantitative estimate of drug-likeness (QED) is 0.705. The van der Waals surface area contributed by atoms with Gasteiger partial charge in [-0.2, -0.15) is 5.10 Å². The van der Waals surface area contributed by atoms with Crippen LogP contribution in [0.15, 0.2) is 6.07 Å². The van der Waals surface area contributed by atoms with Gasteiger partial charge in [0.05, 0.1) is 0 Å². The molecule has 4 nitrogen and oxygen atoms in total. The van der Waals surface area contributed by atoms with Crippen LogP contribution in [0.25, 0.3) is 0 Å². The van der Waals surface area contributed by atoms with Crippen molar-refractivity contribution in [2.75, 3.05) is 0 Å². The van der Waals surface area contributed by atoms with E-state index in [0.29, 0.717) is 5.92 Å². The summed E-state index contributed by atoms with van der Waals surface area (Å²) in [7, 11) is 0. The van der Waals surface area contributed by atoms with Crippen LogP contribution < -0.4 is 0 Å². The van der Waals surface area contributed by atoms with E-state index in [4.69, 9.17) is 5.11 Å². The van der Waals surface area contributed by atoms with Crippen LogP contribution in [0.1, 0.15) is 29.5 Å². The Balaban J connectivity index is 2.33. The molecule has 2 heterocycles. The summed E-state index contributed by atoms with van der Waals surface area (Å²) in [6, 6.07) is 1.68. The standard InChI is InChI=1S/C9H12N2O2/c1-6-2-3-11-7(4-6)5-8(10-11)9(12)13/h5-6H,2-4H2,1H3,(H,12,13)/t6-/m1/s1. The molecule has 0 unspecified atom stereocenters. The Morgan fingerprint density at radius 3 is 3.23 bits per heavy atom. The minimum absolute atomic E-state index is 0.170. The van der Waals surface area contributed by atoms with Crippen LogP contribution in [0.5, 0.6) is 0 Å². The van der Waals surface area contributed by atoms with E-state index >= 15 is 0 Å². The molecule has 0 spiro atoms. The zero-order valence-electron chi connectivity index (χ0n) is 7.53. The Labute approximate surface area is 76.2 Å². The number of aromatic nitrogens is 2. The lowest BCUT2D eigenvalue weighted by atomic mass is 9.98. The molecule has 1 aliphatic heterocycles. The number of rotatable bonds is 1. The van der Waals surface area contributed by atoms with Crippen molar-refractivity contribution in [2.45, 2.75) is 26.3 Å². The van der Waals surface area contributed by atoms with E-state index in [1.807, 2.05) is 4.68 Å². The molecule has 1 N–H and O–H groups in total.